The van der Waals surface area contributed by atoms with Crippen LogP contribution in [0.5, 0.6) is 0 Å². The molecule has 3 saturated carbocycles. The van der Waals surface area contributed by atoms with Gasteiger partial charge in [0.05, 0.1) is 17.2 Å². The van der Waals surface area contributed by atoms with Gasteiger partial charge in [0, 0.05) is 22.4 Å². The monoisotopic (exact) mass is 470 g/mol. The van der Waals surface area contributed by atoms with E-state index in [1.165, 1.54) is 10.6 Å². The zero-order chi connectivity index (χ0) is 24.2. The maximum absolute atomic E-state index is 13.8. The summed E-state index contributed by atoms with van der Waals surface area (Å²) in [6, 6.07) is 0.781. The number of hydrogen-bond acceptors (Lipinski definition) is 5. The minimum absolute atomic E-state index is 0.0282. The summed E-state index contributed by atoms with van der Waals surface area (Å²) in [5.41, 5.74) is 1.20. The number of hydrogen-bond donors (Lipinski definition) is 1. The van der Waals surface area contributed by atoms with Gasteiger partial charge in [-0.3, -0.25) is 4.79 Å². The van der Waals surface area contributed by atoms with Crippen LogP contribution in [0.4, 0.5) is 5.13 Å². The normalized spacial score (nSPS) is 41.2. The molecule has 0 saturated heterocycles. The van der Waals surface area contributed by atoms with Crippen LogP contribution in [0.3, 0.4) is 0 Å². The number of ketones is 1. The fraction of sp³-hybridized carbons (Fsp3) is 0.786. The lowest BCUT2D eigenvalue weighted by molar-refractivity contribution is -0.195. The van der Waals surface area contributed by atoms with Crippen molar-refractivity contribution in [3.63, 3.8) is 0 Å². The molecule has 5 rings (SSSR count). The lowest BCUT2D eigenvalue weighted by atomic mass is 9.39. The Morgan fingerprint density at radius 1 is 1.12 bits per heavy atom. The SMILES string of the molecule is C=C1C(=O)[C@@]23[C@H](O)C[C@@H]4C(C)(C)c5nc(N(C(C)C)C(C)C)sc5C[C@@]4(C)[C@@H]2CC[C@H]1[C@H]3C. The zero-order valence-corrected chi connectivity index (χ0v) is 22.6. The molecule has 7 atom stereocenters. The summed E-state index contributed by atoms with van der Waals surface area (Å²) < 4.78 is 0. The molecule has 4 aliphatic rings. The van der Waals surface area contributed by atoms with E-state index in [4.69, 9.17) is 4.98 Å². The van der Waals surface area contributed by atoms with Crippen LogP contribution < -0.4 is 4.90 Å². The highest BCUT2D eigenvalue weighted by Gasteiger charge is 2.73. The number of allylic oxidation sites excluding steroid dienone is 1. The largest absolute Gasteiger partial charge is 0.392 e. The summed E-state index contributed by atoms with van der Waals surface area (Å²) in [4.78, 5) is 22.8. The van der Waals surface area contributed by atoms with E-state index < -0.39 is 11.5 Å². The van der Waals surface area contributed by atoms with E-state index >= 15 is 0 Å². The number of nitrogens with zero attached hydrogens (tertiary/aromatic N) is 2. The summed E-state index contributed by atoms with van der Waals surface area (Å²) in [5.74, 6) is 1.10. The van der Waals surface area contributed by atoms with Gasteiger partial charge >= 0.3 is 0 Å². The summed E-state index contributed by atoms with van der Waals surface area (Å²) >= 11 is 1.87. The molecular formula is C28H42N2O2S. The second-order valence-corrected chi connectivity index (χ2v) is 13.9. The third kappa shape index (κ3) is 2.73. The first-order chi connectivity index (χ1) is 15.3. The van der Waals surface area contributed by atoms with E-state index in [1.54, 1.807) is 0 Å². The summed E-state index contributed by atoms with van der Waals surface area (Å²) in [6.45, 7) is 22.5. The van der Waals surface area contributed by atoms with Crippen LogP contribution in [0.2, 0.25) is 0 Å². The molecule has 0 amide bonds. The van der Waals surface area contributed by atoms with Gasteiger partial charge in [-0.25, -0.2) is 4.98 Å². The molecule has 1 heterocycles. The summed E-state index contributed by atoms with van der Waals surface area (Å²) in [5, 5.41) is 12.8. The molecule has 2 bridgehead atoms. The number of thiazole rings is 1. The number of fused-ring (bicyclic) bond motifs is 4. The van der Waals surface area contributed by atoms with Gasteiger partial charge in [-0.15, -0.1) is 11.3 Å². The van der Waals surface area contributed by atoms with Crippen molar-refractivity contribution in [1.29, 1.82) is 0 Å². The molecule has 1 aromatic heterocycles. The number of aromatic nitrogens is 1. The van der Waals surface area contributed by atoms with Crippen molar-refractivity contribution < 1.29 is 9.90 Å². The molecule has 0 unspecified atom stereocenters. The Bertz CT molecular complexity index is 1000. The lowest BCUT2D eigenvalue weighted by Crippen LogP contribution is -2.66. The van der Waals surface area contributed by atoms with Gasteiger partial charge in [0.1, 0.15) is 0 Å². The summed E-state index contributed by atoms with van der Waals surface area (Å²) in [6.07, 6.45) is 3.11. The fourth-order valence-corrected chi connectivity index (χ4v) is 10.9. The van der Waals surface area contributed by atoms with Gasteiger partial charge in [-0.2, -0.15) is 0 Å². The van der Waals surface area contributed by atoms with Gasteiger partial charge in [-0.1, -0.05) is 34.3 Å². The number of carbonyl (C=O) groups is 1. The van der Waals surface area contributed by atoms with Crippen LogP contribution in [-0.4, -0.2) is 34.1 Å². The van der Waals surface area contributed by atoms with Gasteiger partial charge in [0.25, 0.3) is 0 Å². The number of Topliss-reactive ketones (excluding diaryl/α,β-unsaturated/α-hetero) is 1. The van der Waals surface area contributed by atoms with Crippen LogP contribution in [0, 0.1) is 34.5 Å². The van der Waals surface area contributed by atoms with Crippen LogP contribution in [0.25, 0.3) is 0 Å². The van der Waals surface area contributed by atoms with Gasteiger partial charge < -0.3 is 10.0 Å². The minimum atomic E-state index is -0.645. The number of aliphatic hydroxyl groups excluding tert-OH is 1. The van der Waals surface area contributed by atoms with Crippen molar-refractivity contribution in [3.8, 4) is 0 Å². The first-order valence-corrected chi connectivity index (χ1v) is 13.8. The van der Waals surface area contributed by atoms with Crippen molar-refractivity contribution in [2.24, 2.45) is 34.5 Å². The molecule has 1 aromatic rings. The Balaban J connectivity index is 1.65. The molecule has 0 radical (unpaired) electrons. The topological polar surface area (TPSA) is 53.4 Å². The molecule has 1 N–H and O–H groups in total. The molecule has 4 nitrogen and oxygen atoms in total. The van der Waals surface area contributed by atoms with E-state index in [0.717, 1.165) is 30.0 Å². The molecule has 5 heteroatoms. The molecule has 3 fully saturated rings. The predicted octanol–water partition coefficient (Wildman–Crippen LogP) is 5.77. The third-order valence-corrected chi connectivity index (χ3v) is 11.5. The van der Waals surface area contributed by atoms with E-state index in [9.17, 15) is 9.90 Å². The Morgan fingerprint density at radius 3 is 2.36 bits per heavy atom. The van der Waals surface area contributed by atoms with Crippen molar-refractivity contribution in [1.82, 2.24) is 4.98 Å². The van der Waals surface area contributed by atoms with Gasteiger partial charge in [0.2, 0.25) is 0 Å². The Hall–Kier alpha value is -1.20. The highest BCUT2D eigenvalue weighted by Crippen LogP contribution is 2.72. The predicted molar refractivity (Wildman–Crippen MR) is 136 cm³/mol. The van der Waals surface area contributed by atoms with Crippen LogP contribution in [0.1, 0.15) is 85.2 Å². The molecule has 182 valence electrons. The van der Waals surface area contributed by atoms with Crippen molar-refractivity contribution in [2.45, 2.75) is 105 Å². The average Bonchev–Trinajstić information content (AvgIpc) is 3.15. The first kappa shape index (κ1) is 23.5. The summed E-state index contributed by atoms with van der Waals surface area (Å²) in [7, 11) is 0. The Kier molecular flexibility index (Phi) is 5.11. The molecule has 0 aliphatic heterocycles. The highest BCUT2D eigenvalue weighted by atomic mass is 32.1. The van der Waals surface area contributed by atoms with Crippen molar-refractivity contribution >= 4 is 22.3 Å². The molecule has 0 aromatic carbocycles. The van der Waals surface area contributed by atoms with Crippen LogP contribution in [0.15, 0.2) is 12.2 Å². The average molecular weight is 471 g/mol. The Morgan fingerprint density at radius 2 is 1.76 bits per heavy atom. The molecular weight excluding hydrogens is 428 g/mol. The number of aliphatic hydroxyl groups is 1. The maximum atomic E-state index is 13.8. The lowest BCUT2D eigenvalue weighted by Gasteiger charge is -2.65. The van der Waals surface area contributed by atoms with E-state index in [1.807, 2.05) is 11.3 Å². The molecule has 4 aliphatic carbocycles. The smallest absolute Gasteiger partial charge is 0.186 e. The quantitative estimate of drug-likeness (QED) is 0.570. The van der Waals surface area contributed by atoms with Gasteiger partial charge in [0.15, 0.2) is 10.9 Å². The standard InChI is InChI=1S/C28H42N2O2S/c1-14(2)30(15(3)4)25-29-23-19(33-25)13-27(9)20-11-10-18-16(5)24(32)28(20,17(18)6)22(31)12-21(27)26(23,7)8/h14-15,17-18,20-22,31H,5,10-13H2,1-4,6-9H3/t17-,18-,20+,21-,22-,27+,28-/m1/s1. The highest BCUT2D eigenvalue weighted by molar-refractivity contribution is 7.15. The minimum Gasteiger partial charge on any atom is -0.392 e. The van der Waals surface area contributed by atoms with Gasteiger partial charge in [-0.05, 0) is 88.0 Å². The number of rotatable bonds is 3. The fourth-order valence-electron chi connectivity index (χ4n) is 9.25. The zero-order valence-electron chi connectivity index (χ0n) is 21.7. The maximum Gasteiger partial charge on any atom is 0.186 e. The van der Waals surface area contributed by atoms with Crippen molar-refractivity contribution in [2.75, 3.05) is 4.90 Å². The number of anilines is 1. The van der Waals surface area contributed by atoms with E-state index in [2.05, 4.69) is 66.9 Å². The van der Waals surface area contributed by atoms with E-state index in [0.29, 0.717) is 24.4 Å². The number of carbonyl (C=O) groups excluding carboxylic acids is 1. The second kappa shape index (κ2) is 7.16. The molecule has 1 spiro atoms. The molecule has 33 heavy (non-hydrogen) atoms. The van der Waals surface area contributed by atoms with Crippen molar-refractivity contribution in [3.05, 3.63) is 22.7 Å². The van der Waals surface area contributed by atoms with E-state index in [-0.39, 0.29) is 34.4 Å². The van der Waals surface area contributed by atoms with Crippen LogP contribution >= 0.6 is 11.3 Å². The van der Waals surface area contributed by atoms with Crippen LogP contribution in [-0.2, 0) is 16.6 Å². The third-order valence-electron chi connectivity index (χ3n) is 10.5. The Labute approximate surface area is 203 Å². The second-order valence-electron chi connectivity index (χ2n) is 12.9. The first-order valence-electron chi connectivity index (χ1n) is 13.0.